The molecule has 1 aromatic heterocycles. The number of hydrogen-bond acceptors (Lipinski definition) is 3. The number of hydrogen-bond donors (Lipinski definition) is 1. The predicted molar refractivity (Wildman–Crippen MR) is 83.7 cm³/mol. The molecule has 0 aliphatic carbocycles. The van der Waals surface area contributed by atoms with Gasteiger partial charge < -0.3 is 5.73 Å². The van der Waals surface area contributed by atoms with Crippen LogP contribution in [0.4, 0.5) is 0 Å². The summed E-state index contributed by atoms with van der Waals surface area (Å²) in [6.07, 6.45) is 0.929. The molecule has 0 radical (unpaired) electrons. The Kier molecular flexibility index (Phi) is 5.32. The molecule has 0 spiro atoms. The second kappa shape index (κ2) is 7.22. The second-order valence-corrected chi connectivity index (χ2v) is 6.30. The molecular formula is C16H20N2OS. The topological polar surface area (TPSA) is 46.3 Å². The van der Waals surface area contributed by atoms with E-state index in [4.69, 9.17) is 5.73 Å². The van der Waals surface area contributed by atoms with Crippen LogP contribution in [0, 0.1) is 6.92 Å². The number of benzene rings is 1. The summed E-state index contributed by atoms with van der Waals surface area (Å²) >= 11 is 1.77. The molecule has 1 amide bonds. The number of nitrogens with zero attached hydrogens (tertiary/aromatic N) is 1. The van der Waals surface area contributed by atoms with Crippen LogP contribution in [0.25, 0.3) is 0 Å². The van der Waals surface area contributed by atoms with Crippen molar-refractivity contribution in [2.75, 3.05) is 13.1 Å². The standard InChI is InChI=1S/C16H20N2OS/c1-13-7-8-15(20-13)11-18(12-16(17)19)10-9-14-5-3-2-4-6-14/h2-8H,9-12H2,1H3,(H2,17,19). The first-order chi connectivity index (χ1) is 9.63. The molecule has 2 aromatic rings. The van der Waals surface area contributed by atoms with Crippen molar-refractivity contribution in [2.45, 2.75) is 19.9 Å². The lowest BCUT2D eigenvalue weighted by atomic mass is 10.1. The summed E-state index contributed by atoms with van der Waals surface area (Å²) in [6, 6.07) is 14.5. The molecule has 1 heterocycles. The molecular weight excluding hydrogens is 268 g/mol. The summed E-state index contributed by atoms with van der Waals surface area (Å²) in [5.74, 6) is -0.272. The monoisotopic (exact) mass is 288 g/mol. The van der Waals surface area contributed by atoms with Gasteiger partial charge in [-0.05, 0) is 31.0 Å². The number of thiophene rings is 1. The number of carbonyl (C=O) groups is 1. The maximum atomic E-state index is 11.2. The van der Waals surface area contributed by atoms with Gasteiger partial charge >= 0.3 is 0 Å². The SMILES string of the molecule is Cc1ccc(CN(CCc2ccccc2)CC(N)=O)s1. The van der Waals surface area contributed by atoms with Crippen molar-refractivity contribution in [1.29, 1.82) is 0 Å². The van der Waals surface area contributed by atoms with Crippen molar-refractivity contribution in [3.63, 3.8) is 0 Å². The summed E-state index contributed by atoms with van der Waals surface area (Å²) in [5, 5.41) is 0. The maximum Gasteiger partial charge on any atom is 0.231 e. The Balaban J connectivity index is 1.94. The van der Waals surface area contributed by atoms with Gasteiger partial charge in [0.2, 0.25) is 5.91 Å². The molecule has 0 aliphatic rings. The Hall–Kier alpha value is -1.65. The number of aryl methyl sites for hydroxylation is 1. The van der Waals surface area contributed by atoms with E-state index in [1.54, 1.807) is 11.3 Å². The van der Waals surface area contributed by atoms with E-state index in [0.29, 0.717) is 6.54 Å². The third kappa shape index (κ3) is 4.79. The van der Waals surface area contributed by atoms with Crippen LogP contribution in [-0.4, -0.2) is 23.9 Å². The van der Waals surface area contributed by atoms with E-state index in [2.05, 4.69) is 36.1 Å². The normalized spacial score (nSPS) is 10.9. The first-order valence-corrected chi connectivity index (χ1v) is 7.55. The second-order valence-electron chi connectivity index (χ2n) is 4.92. The quantitative estimate of drug-likeness (QED) is 0.851. The Labute approximate surface area is 124 Å². The summed E-state index contributed by atoms with van der Waals surface area (Å²) < 4.78 is 0. The molecule has 0 saturated carbocycles. The largest absolute Gasteiger partial charge is 0.369 e. The van der Waals surface area contributed by atoms with Gasteiger partial charge in [-0.1, -0.05) is 30.3 Å². The fourth-order valence-electron chi connectivity index (χ4n) is 2.16. The number of carbonyl (C=O) groups excluding carboxylic acids is 1. The number of primary amides is 1. The molecule has 3 nitrogen and oxygen atoms in total. The van der Waals surface area contributed by atoms with E-state index >= 15 is 0 Å². The van der Waals surface area contributed by atoms with Gasteiger partial charge in [0.15, 0.2) is 0 Å². The zero-order valence-electron chi connectivity index (χ0n) is 11.7. The fourth-order valence-corrected chi connectivity index (χ4v) is 3.09. The molecule has 0 aliphatic heterocycles. The van der Waals surface area contributed by atoms with Crippen LogP contribution in [-0.2, 0) is 17.8 Å². The van der Waals surface area contributed by atoms with Crippen molar-refractivity contribution >= 4 is 17.2 Å². The van der Waals surface area contributed by atoms with Gasteiger partial charge in [0.05, 0.1) is 6.54 Å². The fraction of sp³-hybridized carbons (Fsp3) is 0.312. The Morgan fingerprint density at radius 1 is 1.20 bits per heavy atom. The van der Waals surface area contributed by atoms with E-state index in [1.165, 1.54) is 15.3 Å². The molecule has 106 valence electrons. The van der Waals surface area contributed by atoms with Crippen LogP contribution < -0.4 is 5.73 Å². The lowest BCUT2D eigenvalue weighted by Gasteiger charge is -2.20. The zero-order valence-corrected chi connectivity index (χ0v) is 12.5. The summed E-state index contributed by atoms with van der Waals surface area (Å²) in [6.45, 7) is 4.03. The Morgan fingerprint density at radius 3 is 2.55 bits per heavy atom. The molecule has 2 rings (SSSR count). The molecule has 0 saturated heterocycles. The molecule has 0 bridgehead atoms. The highest BCUT2D eigenvalue weighted by molar-refractivity contribution is 7.11. The van der Waals surface area contributed by atoms with Crippen LogP contribution in [0.2, 0.25) is 0 Å². The van der Waals surface area contributed by atoms with Gasteiger partial charge in [-0.2, -0.15) is 0 Å². The van der Waals surface area contributed by atoms with Crippen LogP contribution in [0.15, 0.2) is 42.5 Å². The third-order valence-electron chi connectivity index (χ3n) is 3.11. The number of nitrogens with two attached hydrogens (primary N) is 1. The molecule has 20 heavy (non-hydrogen) atoms. The van der Waals surface area contributed by atoms with Crippen molar-refractivity contribution in [3.8, 4) is 0 Å². The number of rotatable bonds is 7. The van der Waals surface area contributed by atoms with Crippen molar-refractivity contribution in [2.24, 2.45) is 5.73 Å². The molecule has 0 fully saturated rings. The molecule has 1 aromatic carbocycles. The minimum atomic E-state index is -0.272. The predicted octanol–water partition coefficient (Wildman–Crippen LogP) is 2.59. The van der Waals surface area contributed by atoms with Crippen LogP contribution in [0.3, 0.4) is 0 Å². The van der Waals surface area contributed by atoms with Crippen molar-refractivity contribution < 1.29 is 4.79 Å². The first kappa shape index (κ1) is 14.8. The summed E-state index contributed by atoms with van der Waals surface area (Å²) in [5.41, 5.74) is 6.63. The first-order valence-electron chi connectivity index (χ1n) is 6.73. The van der Waals surface area contributed by atoms with Gasteiger partial charge in [0, 0.05) is 22.8 Å². The minimum absolute atomic E-state index is 0.272. The minimum Gasteiger partial charge on any atom is -0.369 e. The summed E-state index contributed by atoms with van der Waals surface area (Å²) in [7, 11) is 0. The van der Waals surface area contributed by atoms with Crippen molar-refractivity contribution in [1.82, 2.24) is 4.90 Å². The molecule has 0 atom stereocenters. The smallest absolute Gasteiger partial charge is 0.231 e. The van der Waals surface area contributed by atoms with Crippen molar-refractivity contribution in [3.05, 3.63) is 57.8 Å². The van der Waals surface area contributed by atoms with E-state index in [9.17, 15) is 4.79 Å². The lowest BCUT2D eigenvalue weighted by molar-refractivity contribution is -0.119. The Morgan fingerprint density at radius 2 is 1.95 bits per heavy atom. The lowest BCUT2D eigenvalue weighted by Crippen LogP contribution is -2.34. The number of amides is 1. The Bertz CT molecular complexity index is 551. The highest BCUT2D eigenvalue weighted by Gasteiger charge is 2.10. The highest BCUT2D eigenvalue weighted by Crippen LogP contribution is 2.17. The van der Waals surface area contributed by atoms with Gasteiger partial charge in [0.1, 0.15) is 0 Å². The molecule has 0 unspecified atom stereocenters. The van der Waals surface area contributed by atoms with Gasteiger partial charge in [-0.15, -0.1) is 11.3 Å². The molecule has 4 heteroatoms. The zero-order chi connectivity index (χ0) is 14.4. The third-order valence-corrected chi connectivity index (χ3v) is 4.10. The van der Waals surface area contributed by atoms with Crippen LogP contribution in [0.1, 0.15) is 15.3 Å². The summed E-state index contributed by atoms with van der Waals surface area (Å²) in [4.78, 5) is 15.9. The van der Waals surface area contributed by atoms with Gasteiger partial charge in [-0.3, -0.25) is 9.69 Å². The van der Waals surface area contributed by atoms with E-state index in [-0.39, 0.29) is 5.91 Å². The van der Waals surface area contributed by atoms with E-state index < -0.39 is 0 Å². The van der Waals surface area contributed by atoms with E-state index in [0.717, 1.165) is 19.5 Å². The highest BCUT2D eigenvalue weighted by atomic mass is 32.1. The van der Waals surface area contributed by atoms with Crippen LogP contribution in [0.5, 0.6) is 0 Å². The van der Waals surface area contributed by atoms with Gasteiger partial charge in [0.25, 0.3) is 0 Å². The maximum absolute atomic E-state index is 11.2. The average Bonchev–Trinajstić information content (AvgIpc) is 2.82. The average molecular weight is 288 g/mol. The van der Waals surface area contributed by atoms with Gasteiger partial charge in [-0.25, -0.2) is 0 Å². The van der Waals surface area contributed by atoms with E-state index in [1.807, 2.05) is 18.2 Å². The van der Waals surface area contributed by atoms with Crippen LogP contribution >= 0.6 is 11.3 Å². The molecule has 2 N–H and O–H groups in total.